The first-order valence-electron chi connectivity index (χ1n) is 9.55. The van der Waals surface area contributed by atoms with E-state index in [1.165, 1.54) is 20.4 Å². The van der Waals surface area contributed by atoms with Gasteiger partial charge >= 0.3 is 0 Å². The minimum Gasteiger partial charge on any atom is -0.493 e. The molecule has 0 radical (unpaired) electrons. The lowest BCUT2D eigenvalue weighted by molar-refractivity contribution is -0.123. The van der Waals surface area contributed by atoms with Gasteiger partial charge in [-0.05, 0) is 35.4 Å². The largest absolute Gasteiger partial charge is 0.493 e. The molecule has 0 aliphatic rings. The van der Waals surface area contributed by atoms with Crippen LogP contribution in [-0.2, 0) is 4.79 Å². The summed E-state index contributed by atoms with van der Waals surface area (Å²) in [6, 6.07) is 21.1. The highest BCUT2D eigenvalue weighted by molar-refractivity contribution is 5.87. The maximum absolute atomic E-state index is 12.0. The second-order valence-corrected chi connectivity index (χ2v) is 6.40. The molecule has 1 amide bonds. The van der Waals surface area contributed by atoms with E-state index in [-0.39, 0.29) is 12.5 Å². The van der Waals surface area contributed by atoms with E-state index < -0.39 is 0 Å². The van der Waals surface area contributed by atoms with Crippen molar-refractivity contribution < 1.29 is 23.7 Å². The van der Waals surface area contributed by atoms with Crippen molar-refractivity contribution in [2.75, 3.05) is 27.9 Å². The van der Waals surface area contributed by atoms with Crippen molar-refractivity contribution in [1.82, 2.24) is 5.43 Å². The predicted molar refractivity (Wildman–Crippen MR) is 119 cm³/mol. The van der Waals surface area contributed by atoms with Gasteiger partial charge in [-0.3, -0.25) is 4.79 Å². The van der Waals surface area contributed by atoms with Crippen LogP contribution in [0.3, 0.4) is 0 Å². The summed E-state index contributed by atoms with van der Waals surface area (Å²) in [5.74, 6) is 1.65. The summed E-state index contributed by atoms with van der Waals surface area (Å²) in [5.41, 5.74) is 5.25. The van der Waals surface area contributed by atoms with E-state index in [2.05, 4.69) is 10.5 Å². The third-order valence-corrected chi connectivity index (χ3v) is 4.46. The molecule has 7 heteroatoms. The van der Waals surface area contributed by atoms with E-state index in [4.69, 9.17) is 18.9 Å². The standard InChI is InChI=1S/C24H24N2O5/c1-28-21-14-11-19(23(29-2)24(21)30-3)15-25-26-22(27)16-31-20-12-9-18(10-13-20)17-7-5-4-6-8-17/h4-15H,16H2,1-3H3,(H,26,27). The second kappa shape index (κ2) is 10.7. The summed E-state index contributed by atoms with van der Waals surface area (Å²) in [6.45, 7) is -0.162. The summed E-state index contributed by atoms with van der Waals surface area (Å²) in [4.78, 5) is 12.0. The van der Waals surface area contributed by atoms with E-state index in [0.29, 0.717) is 28.6 Å². The van der Waals surface area contributed by atoms with Crippen molar-refractivity contribution in [2.45, 2.75) is 0 Å². The normalized spacial score (nSPS) is 10.5. The van der Waals surface area contributed by atoms with Gasteiger partial charge < -0.3 is 18.9 Å². The number of hydrazone groups is 1. The predicted octanol–water partition coefficient (Wildman–Crippen LogP) is 3.91. The number of ether oxygens (including phenoxy) is 4. The van der Waals surface area contributed by atoms with Gasteiger partial charge in [-0.1, -0.05) is 42.5 Å². The van der Waals surface area contributed by atoms with E-state index in [1.807, 2.05) is 54.6 Å². The highest BCUT2D eigenvalue weighted by Gasteiger charge is 2.14. The molecule has 3 rings (SSSR count). The van der Waals surface area contributed by atoms with Gasteiger partial charge in [0, 0.05) is 5.56 Å². The van der Waals surface area contributed by atoms with E-state index in [9.17, 15) is 4.79 Å². The molecule has 7 nitrogen and oxygen atoms in total. The number of benzene rings is 3. The van der Waals surface area contributed by atoms with Crippen molar-refractivity contribution in [3.8, 4) is 34.1 Å². The molecule has 0 aliphatic carbocycles. The fraction of sp³-hybridized carbons (Fsp3) is 0.167. The summed E-state index contributed by atoms with van der Waals surface area (Å²) in [5, 5.41) is 3.97. The Kier molecular flexibility index (Phi) is 7.48. The molecule has 0 aromatic heterocycles. The molecular weight excluding hydrogens is 396 g/mol. The van der Waals surface area contributed by atoms with Crippen LogP contribution < -0.4 is 24.4 Å². The maximum Gasteiger partial charge on any atom is 0.277 e. The lowest BCUT2D eigenvalue weighted by atomic mass is 10.1. The zero-order valence-corrected chi connectivity index (χ0v) is 17.6. The number of hydrogen-bond donors (Lipinski definition) is 1. The Morgan fingerprint density at radius 2 is 1.52 bits per heavy atom. The third-order valence-electron chi connectivity index (χ3n) is 4.46. The van der Waals surface area contributed by atoms with Gasteiger partial charge in [0.25, 0.3) is 5.91 Å². The molecule has 160 valence electrons. The minimum absolute atomic E-state index is 0.162. The molecule has 0 spiro atoms. The molecule has 0 atom stereocenters. The van der Waals surface area contributed by atoms with Gasteiger partial charge in [0.05, 0.1) is 27.5 Å². The number of rotatable bonds is 9. The Morgan fingerprint density at radius 3 is 2.16 bits per heavy atom. The fourth-order valence-electron chi connectivity index (χ4n) is 2.96. The molecule has 0 aliphatic heterocycles. The van der Waals surface area contributed by atoms with Crippen molar-refractivity contribution >= 4 is 12.1 Å². The van der Waals surface area contributed by atoms with Gasteiger partial charge in [0.1, 0.15) is 5.75 Å². The lowest BCUT2D eigenvalue weighted by Gasteiger charge is -2.13. The fourth-order valence-corrected chi connectivity index (χ4v) is 2.96. The molecule has 0 bridgehead atoms. The van der Waals surface area contributed by atoms with Crippen LogP contribution in [0.1, 0.15) is 5.56 Å². The van der Waals surface area contributed by atoms with Gasteiger partial charge in [-0.15, -0.1) is 0 Å². The monoisotopic (exact) mass is 420 g/mol. The number of carbonyl (C=O) groups excluding carboxylic acids is 1. The number of nitrogens with one attached hydrogen (secondary N) is 1. The zero-order chi connectivity index (χ0) is 22.1. The number of amides is 1. The Bertz CT molecular complexity index is 1030. The van der Waals surface area contributed by atoms with Crippen LogP contribution in [0.25, 0.3) is 11.1 Å². The smallest absolute Gasteiger partial charge is 0.277 e. The summed E-state index contributed by atoms with van der Waals surface area (Å²) < 4.78 is 21.5. The molecule has 31 heavy (non-hydrogen) atoms. The Balaban J connectivity index is 1.55. The molecule has 0 heterocycles. The van der Waals surface area contributed by atoms with Crippen molar-refractivity contribution in [1.29, 1.82) is 0 Å². The van der Waals surface area contributed by atoms with Crippen LogP contribution in [0, 0.1) is 0 Å². The highest BCUT2D eigenvalue weighted by Crippen LogP contribution is 2.38. The van der Waals surface area contributed by atoms with E-state index >= 15 is 0 Å². The quantitative estimate of drug-likeness (QED) is 0.420. The van der Waals surface area contributed by atoms with Gasteiger partial charge in [0.15, 0.2) is 18.1 Å². The van der Waals surface area contributed by atoms with Crippen LogP contribution in [0.2, 0.25) is 0 Å². The Morgan fingerprint density at radius 1 is 0.839 bits per heavy atom. The SMILES string of the molecule is COc1ccc(C=NNC(=O)COc2ccc(-c3ccccc3)cc2)c(OC)c1OC. The first kappa shape index (κ1) is 21.7. The highest BCUT2D eigenvalue weighted by atomic mass is 16.5. The summed E-state index contributed by atoms with van der Waals surface area (Å²) in [7, 11) is 4.58. The Labute approximate surface area is 181 Å². The van der Waals surface area contributed by atoms with Crippen molar-refractivity contribution in [3.63, 3.8) is 0 Å². The zero-order valence-electron chi connectivity index (χ0n) is 17.6. The minimum atomic E-state index is -0.386. The van der Waals surface area contributed by atoms with Crippen LogP contribution in [0.15, 0.2) is 71.8 Å². The average molecular weight is 420 g/mol. The molecule has 0 saturated carbocycles. The van der Waals surface area contributed by atoms with E-state index in [1.54, 1.807) is 19.2 Å². The first-order chi connectivity index (χ1) is 15.2. The van der Waals surface area contributed by atoms with E-state index in [0.717, 1.165) is 11.1 Å². The molecular formula is C24H24N2O5. The number of hydrogen-bond acceptors (Lipinski definition) is 6. The topological polar surface area (TPSA) is 78.4 Å². The van der Waals surface area contributed by atoms with Gasteiger partial charge in [0.2, 0.25) is 5.75 Å². The molecule has 0 fully saturated rings. The van der Waals surface area contributed by atoms with Gasteiger partial charge in [-0.2, -0.15) is 5.10 Å². The molecule has 3 aromatic rings. The first-order valence-corrected chi connectivity index (χ1v) is 9.55. The van der Waals surface area contributed by atoms with Gasteiger partial charge in [-0.25, -0.2) is 5.43 Å². The lowest BCUT2D eigenvalue weighted by Crippen LogP contribution is -2.24. The maximum atomic E-state index is 12.0. The van der Waals surface area contributed by atoms with Crippen molar-refractivity contribution in [2.24, 2.45) is 5.10 Å². The molecule has 0 saturated heterocycles. The summed E-state index contributed by atoms with van der Waals surface area (Å²) in [6.07, 6.45) is 1.47. The summed E-state index contributed by atoms with van der Waals surface area (Å²) >= 11 is 0. The molecule has 3 aromatic carbocycles. The third kappa shape index (κ3) is 5.54. The molecule has 1 N–H and O–H groups in total. The number of nitrogens with zero attached hydrogens (tertiary/aromatic N) is 1. The van der Waals surface area contributed by atoms with Crippen LogP contribution in [-0.4, -0.2) is 40.1 Å². The van der Waals surface area contributed by atoms with Crippen LogP contribution in [0.5, 0.6) is 23.0 Å². The average Bonchev–Trinajstić information content (AvgIpc) is 2.83. The van der Waals surface area contributed by atoms with Crippen molar-refractivity contribution in [3.05, 3.63) is 72.3 Å². The van der Waals surface area contributed by atoms with Crippen LogP contribution in [0.4, 0.5) is 0 Å². The Hall–Kier alpha value is -4.00. The number of carbonyl (C=O) groups is 1. The number of methoxy groups -OCH3 is 3. The second-order valence-electron chi connectivity index (χ2n) is 6.40. The molecule has 0 unspecified atom stereocenters. The van der Waals surface area contributed by atoms with Crippen LogP contribution >= 0.6 is 0 Å².